The van der Waals surface area contributed by atoms with E-state index < -0.39 is 47.3 Å². The normalized spacial score (nSPS) is 12.1. The molecule has 1 atom stereocenters. The molecule has 3 heterocycles. The summed E-state index contributed by atoms with van der Waals surface area (Å²) in [6.07, 6.45) is -2.23. The first-order valence-electron chi connectivity index (χ1n) is 13.3. The highest BCUT2D eigenvalue weighted by molar-refractivity contribution is 6.00. The van der Waals surface area contributed by atoms with E-state index in [1.165, 1.54) is 32.3 Å². The van der Waals surface area contributed by atoms with Gasteiger partial charge < -0.3 is 4.90 Å². The van der Waals surface area contributed by atoms with Crippen LogP contribution in [0.15, 0.2) is 48.8 Å². The number of rotatable bonds is 10. The van der Waals surface area contributed by atoms with Crippen LogP contribution < -0.4 is 4.90 Å². The molecule has 0 aliphatic rings. The predicted octanol–water partition coefficient (Wildman–Crippen LogP) is 6.07. The molecule has 13 heteroatoms. The second kappa shape index (κ2) is 12.7. The van der Waals surface area contributed by atoms with Crippen LogP contribution in [0.4, 0.5) is 27.8 Å². The number of benzene rings is 1. The van der Waals surface area contributed by atoms with Crippen molar-refractivity contribution in [1.29, 1.82) is 5.26 Å². The second-order valence-electron chi connectivity index (χ2n) is 10.5. The van der Waals surface area contributed by atoms with Gasteiger partial charge in [-0.2, -0.15) is 23.5 Å². The van der Waals surface area contributed by atoms with Gasteiger partial charge in [0.05, 0.1) is 23.5 Å². The first kappa shape index (κ1) is 31.9. The van der Waals surface area contributed by atoms with E-state index in [1.807, 2.05) is 0 Å². The van der Waals surface area contributed by atoms with Gasteiger partial charge >= 0.3 is 6.18 Å². The van der Waals surface area contributed by atoms with Gasteiger partial charge in [0, 0.05) is 56.0 Å². The van der Waals surface area contributed by atoms with E-state index in [0.717, 1.165) is 16.8 Å². The van der Waals surface area contributed by atoms with E-state index in [0.29, 0.717) is 34.3 Å². The minimum atomic E-state index is -4.90. The lowest BCUT2D eigenvalue weighted by molar-refractivity contribution is -0.142. The zero-order chi connectivity index (χ0) is 32.3. The number of nitrogens with zero attached hydrogens (tertiary/aromatic N) is 6. The Hall–Kier alpha value is -4.99. The Morgan fingerprint density at radius 2 is 1.77 bits per heavy atom. The molecule has 0 amide bonds. The maximum Gasteiger partial charge on any atom is 0.436 e. The van der Waals surface area contributed by atoms with Crippen molar-refractivity contribution in [2.24, 2.45) is 0 Å². The van der Waals surface area contributed by atoms with Gasteiger partial charge in [0.25, 0.3) is 0 Å². The van der Waals surface area contributed by atoms with Crippen LogP contribution >= 0.6 is 0 Å². The number of nitriles is 1. The lowest BCUT2D eigenvalue weighted by atomic mass is 9.87. The van der Waals surface area contributed by atoms with Crippen LogP contribution in [0.2, 0.25) is 0 Å². The quantitative estimate of drug-likeness (QED) is 0.159. The molecule has 3 aromatic heterocycles. The topological polar surface area (TPSA) is 105 Å². The molecule has 228 valence electrons. The van der Waals surface area contributed by atoms with Crippen molar-refractivity contribution in [2.45, 2.75) is 45.3 Å². The minimum absolute atomic E-state index is 0.0530. The average molecular weight is 611 g/mol. The van der Waals surface area contributed by atoms with Crippen molar-refractivity contribution in [3.8, 4) is 17.2 Å². The summed E-state index contributed by atoms with van der Waals surface area (Å²) in [5, 5.41) is 12.7. The van der Waals surface area contributed by atoms with Crippen molar-refractivity contribution in [3.63, 3.8) is 0 Å². The molecule has 0 aliphatic carbocycles. The van der Waals surface area contributed by atoms with Crippen molar-refractivity contribution in [1.82, 2.24) is 19.7 Å². The molecule has 0 bridgehead atoms. The summed E-state index contributed by atoms with van der Waals surface area (Å²) in [5.41, 5.74) is -0.274. The zero-order valence-corrected chi connectivity index (χ0v) is 24.2. The number of hydrogen-bond donors (Lipinski definition) is 0. The monoisotopic (exact) mass is 610 g/mol. The van der Waals surface area contributed by atoms with Crippen LogP contribution in [0.25, 0.3) is 11.1 Å². The van der Waals surface area contributed by atoms with Crippen LogP contribution in [-0.4, -0.2) is 45.4 Å². The second-order valence-corrected chi connectivity index (χ2v) is 10.5. The van der Waals surface area contributed by atoms with E-state index >= 15 is 0 Å². The molecule has 4 aromatic rings. The Kier molecular flexibility index (Phi) is 9.22. The summed E-state index contributed by atoms with van der Waals surface area (Å²) in [5.74, 6) is -2.80. The fourth-order valence-electron chi connectivity index (χ4n) is 5.02. The van der Waals surface area contributed by atoms with Crippen molar-refractivity contribution < 1.29 is 31.5 Å². The van der Waals surface area contributed by atoms with Gasteiger partial charge in [0.2, 0.25) is 0 Å². The number of carbonyl (C=O) groups is 2. The summed E-state index contributed by atoms with van der Waals surface area (Å²) in [7, 11) is 3.48. The SMILES string of the molecule is CC(=O)c1cc(-c2cccnc2[C@@H](CC(=O)Cn2nc(C(F)(F)F)c(C#N)c2C)Cc2cc(F)cc(F)c2)cnc1N(C)C. The highest BCUT2D eigenvalue weighted by Crippen LogP contribution is 2.35. The molecule has 0 radical (unpaired) electrons. The highest BCUT2D eigenvalue weighted by atomic mass is 19.4. The summed E-state index contributed by atoms with van der Waals surface area (Å²) >= 11 is 0. The number of ketones is 2. The van der Waals surface area contributed by atoms with Crippen LogP contribution in [0.5, 0.6) is 0 Å². The number of hydrogen-bond acceptors (Lipinski definition) is 7. The lowest BCUT2D eigenvalue weighted by Crippen LogP contribution is -2.19. The third-order valence-corrected chi connectivity index (χ3v) is 7.00. The molecule has 8 nitrogen and oxygen atoms in total. The largest absolute Gasteiger partial charge is 0.436 e. The Labute approximate surface area is 249 Å². The molecule has 0 unspecified atom stereocenters. The summed E-state index contributed by atoms with van der Waals surface area (Å²) in [6.45, 7) is 2.08. The Balaban J connectivity index is 1.77. The number of carbonyl (C=O) groups excluding carboxylic acids is 2. The molecule has 0 saturated heterocycles. The van der Waals surface area contributed by atoms with Gasteiger partial charge in [-0.15, -0.1) is 0 Å². The van der Waals surface area contributed by atoms with Gasteiger partial charge in [-0.05, 0) is 50.1 Å². The molecular formula is C31H27F5N6O2. The minimum Gasteiger partial charge on any atom is -0.362 e. The predicted molar refractivity (Wildman–Crippen MR) is 151 cm³/mol. The number of aromatic nitrogens is 4. The molecular weight excluding hydrogens is 583 g/mol. The van der Waals surface area contributed by atoms with Gasteiger partial charge in [0.1, 0.15) is 29.1 Å². The van der Waals surface area contributed by atoms with Gasteiger partial charge in [-0.3, -0.25) is 19.3 Å². The third kappa shape index (κ3) is 6.96. The fraction of sp³-hybridized carbons (Fsp3) is 0.290. The van der Waals surface area contributed by atoms with Gasteiger partial charge in [-0.1, -0.05) is 6.07 Å². The summed E-state index contributed by atoms with van der Waals surface area (Å²) in [6, 6.07) is 9.43. The molecule has 0 saturated carbocycles. The molecule has 4 rings (SSSR count). The Bertz CT molecular complexity index is 1750. The Morgan fingerprint density at radius 3 is 2.34 bits per heavy atom. The summed E-state index contributed by atoms with van der Waals surface area (Å²) < 4.78 is 69.4. The van der Waals surface area contributed by atoms with E-state index in [4.69, 9.17) is 0 Å². The summed E-state index contributed by atoms with van der Waals surface area (Å²) in [4.78, 5) is 36.4. The van der Waals surface area contributed by atoms with Gasteiger partial charge in [0.15, 0.2) is 17.3 Å². The number of Topliss-reactive ketones (excluding diaryl/α,β-unsaturated/α-hetero) is 2. The zero-order valence-electron chi connectivity index (χ0n) is 24.2. The van der Waals surface area contributed by atoms with Crippen LogP contribution in [0.3, 0.4) is 0 Å². The molecule has 0 fully saturated rings. The first-order chi connectivity index (χ1) is 20.7. The maximum absolute atomic E-state index is 14.1. The molecule has 0 spiro atoms. The Morgan fingerprint density at radius 1 is 1.09 bits per heavy atom. The third-order valence-electron chi connectivity index (χ3n) is 7.00. The average Bonchev–Trinajstić information content (AvgIpc) is 3.26. The molecule has 0 N–H and O–H groups in total. The van der Waals surface area contributed by atoms with Crippen molar-refractivity contribution in [3.05, 3.63) is 94.2 Å². The van der Waals surface area contributed by atoms with Crippen molar-refractivity contribution >= 4 is 17.4 Å². The highest BCUT2D eigenvalue weighted by Gasteiger charge is 2.39. The van der Waals surface area contributed by atoms with E-state index in [-0.39, 0.29) is 29.9 Å². The molecule has 1 aromatic carbocycles. The van der Waals surface area contributed by atoms with E-state index in [2.05, 4.69) is 15.1 Å². The maximum atomic E-state index is 14.1. The fourth-order valence-corrected chi connectivity index (χ4v) is 5.02. The first-order valence-corrected chi connectivity index (χ1v) is 13.3. The molecule has 0 aliphatic heterocycles. The number of anilines is 1. The van der Waals surface area contributed by atoms with Crippen LogP contribution in [-0.2, 0) is 23.9 Å². The van der Waals surface area contributed by atoms with Crippen molar-refractivity contribution in [2.75, 3.05) is 19.0 Å². The van der Waals surface area contributed by atoms with Crippen LogP contribution in [0.1, 0.15) is 57.8 Å². The van der Waals surface area contributed by atoms with Crippen LogP contribution in [0, 0.1) is 29.9 Å². The molecule has 44 heavy (non-hydrogen) atoms. The van der Waals surface area contributed by atoms with E-state index in [1.54, 1.807) is 37.2 Å². The number of pyridine rings is 2. The van der Waals surface area contributed by atoms with Gasteiger partial charge in [-0.25, -0.2) is 13.8 Å². The number of alkyl halides is 3. The number of halogens is 5. The standard InChI is InChI=1S/C31H27F5N6O2/c1-17-27(14-37)29(31(34,35)36)40-42(17)16-24(44)11-20(8-19-9-22(32)13-23(33)10-19)28-25(6-5-7-38-28)21-12-26(18(2)43)30(39-15-21)41(3)4/h5-7,9-10,12-13,15,20H,8,11,16H2,1-4H3/t20-/m1/s1. The smallest absolute Gasteiger partial charge is 0.362 e. The van der Waals surface area contributed by atoms with E-state index in [9.17, 15) is 36.8 Å². The lowest BCUT2D eigenvalue weighted by Gasteiger charge is -2.21.